The standard InChI is InChI=1S/C14H16BrFN4/c1-3-17-13-12(15)14(19-9-18-13)20(4-2)11-7-5-10(16)6-8-11/h5-9H,3-4H2,1-2H3,(H,17,18,19). The Bertz CT molecular complexity index is 574. The van der Waals surface area contributed by atoms with Crippen LogP contribution >= 0.6 is 15.9 Å². The van der Waals surface area contributed by atoms with Crippen LogP contribution in [-0.4, -0.2) is 23.1 Å². The van der Waals surface area contributed by atoms with Gasteiger partial charge < -0.3 is 10.2 Å². The maximum atomic E-state index is 13.0. The fourth-order valence-corrected chi connectivity index (χ4v) is 2.47. The van der Waals surface area contributed by atoms with E-state index in [9.17, 15) is 4.39 Å². The van der Waals surface area contributed by atoms with E-state index < -0.39 is 0 Å². The molecule has 20 heavy (non-hydrogen) atoms. The van der Waals surface area contributed by atoms with Gasteiger partial charge in [-0.3, -0.25) is 0 Å². The van der Waals surface area contributed by atoms with Gasteiger partial charge in [0.05, 0.1) is 0 Å². The number of halogens is 2. The van der Waals surface area contributed by atoms with Crippen molar-refractivity contribution in [3.05, 3.63) is 40.9 Å². The molecule has 2 aromatic rings. The third-order valence-corrected chi connectivity index (χ3v) is 3.56. The zero-order chi connectivity index (χ0) is 14.5. The lowest BCUT2D eigenvalue weighted by Crippen LogP contribution is -2.18. The molecule has 0 aliphatic heterocycles. The van der Waals surface area contributed by atoms with Crippen molar-refractivity contribution in [1.82, 2.24) is 9.97 Å². The van der Waals surface area contributed by atoms with Crippen molar-refractivity contribution >= 4 is 33.3 Å². The fraction of sp³-hybridized carbons (Fsp3) is 0.286. The van der Waals surface area contributed by atoms with Crippen LogP contribution in [0.2, 0.25) is 0 Å². The predicted molar refractivity (Wildman–Crippen MR) is 83.0 cm³/mol. The van der Waals surface area contributed by atoms with Gasteiger partial charge in [-0.1, -0.05) is 0 Å². The smallest absolute Gasteiger partial charge is 0.152 e. The quantitative estimate of drug-likeness (QED) is 0.895. The Balaban J connectivity index is 2.41. The lowest BCUT2D eigenvalue weighted by Gasteiger charge is -2.23. The van der Waals surface area contributed by atoms with Crippen LogP contribution in [0, 0.1) is 5.82 Å². The normalized spacial score (nSPS) is 10.4. The first kappa shape index (κ1) is 14.7. The van der Waals surface area contributed by atoms with Gasteiger partial charge in [-0.05, 0) is 54.0 Å². The van der Waals surface area contributed by atoms with Gasteiger partial charge >= 0.3 is 0 Å². The summed E-state index contributed by atoms with van der Waals surface area (Å²) in [5.41, 5.74) is 0.885. The van der Waals surface area contributed by atoms with E-state index in [1.807, 2.05) is 18.7 Å². The molecule has 1 aromatic carbocycles. The van der Waals surface area contributed by atoms with Crippen molar-refractivity contribution in [2.45, 2.75) is 13.8 Å². The molecule has 4 nitrogen and oxygen atoms in total. The van der Waals surface area contributed by atoms with E-state index in [4.69, 9.17) is 0 Å². The summed E-state index contributed by atoms with van der Waals surface area (Å²) >= 11 is 3.53. The highest BCUT2D eigenvalue weighted by molar-refractivity contribution is 9.10. The molecular formula is C14H16BrFN4. The maximum Gasteiger partial charge on any atom is 0.152 e. The van der Waals surface area contributed by atoms with Gasteiger partial charge in [-0.15, -0.1) is 0 Å². The summed E-state index contributed by atoms with van der Waals surface area (Å²) in [6.07, 6.45) is 1.52. The summed E-state index contributed by atoms with van der Waals surface area (Å²) in [6, 6.07) is 6.36. The zero-order valence-corrected chi connectivity index (χ0v) is 13.0. The second-order valence-electron chi connectivity index (χ2n) is 4.11. The SMILES string of the molecule is CCNc1ncnc(N(CC)c2ccc(F)cc2)c1Br. The first-order chi connectivity index (χ1) is 9.67. The Labute approximate surface area is 126 Å². The van der Waals surface area contributed by atoms with Gasteiger partial charge in [0, 0.05) is 18.8 Å². The molecule has 6 heteroatoms. The molecule has 0 aliphatic carbocycles. The molecule has 0 saturated carbocycles. The molecule has 2 rings (SSSR count). The van der Waals surface area contributed by atoms with Crippen LogP contribution in [0.3, 0.4) is 0 Å². The number of nitrogens with one attached hydrogen (secondary N) is 1. The predicted octanol–water partition coefficient (Wildman–Crippen LogP) is 3.97. The van der Waals surface area contributed by atoms with Crippen molar-refractivity contribution in [1.29, 1.82) is 0 Å². The highest BCUT2D eigenvalue weighted by atomic mass is 79.9. The number of hydrogen-bond acceptors (Lipinski definition) is 4. The number of hydrogen-bond donors (Lipinski definition) is 1. The second kappa shape index (κ2) is 6.65. The highest BCUT2D eigenvalue weighted by Crippen LogP contribution is 2.33. The minimum Gasteiger partial charge on any atom is -0.369 e. The van der Waals surface area contributed by atoms with Crippen molar-refractivity contribution in [2.75, 3.05) is 23.3 Å². The molecule has 0 spiro atoms. The van der Waals surface area contributed by atoms with E-state index in [0.717, 1.165) is 28.3 Å². The van der Waals surface area contributed by atoms with Crippen LogP contribution < -0.4 is 10.2 Å². The summed E-state index contributed by atoms with van der Waals surface area (Å²) in [4.78, 5) is 10.5. The summed E-state index contributed by atoms with van der Waals surface area (Å²) in [6.45, 7) is 5.52. The van der Waals surface area contributed by atoms with Gasteiger partial charge in [0.2, 0.25) is 0 Å². The fourth-order valence-electron chi connectivity index (χ4n) is 1.92. The third kappa shape index (κ3) is 3.07. The third-order valence-electron chi connectivity index (χ3n) is 2.83. The van der Waals surface area contributed by atoms with E-state index >= 15 is 0 Å². The number of anilines is 3. The van der Waals surface area contributed by atoms with Crippen LogP contribution in [0.25, 0.3) is 0 Å². The molecule has 0 fully saturated rings. The molecule has 0 radical (unpaired) electrons. The highest BCUT2D eigenvalue weighted by Gasteiger charge is 2.15. The van der Waals surface area contributed by atoms with Gasteiger partial charge in [-0.25, -0.2) is 14.4 Å². The molecule has 0 saturated heterocycles. The van der Waals surface area contributed by atoms with E-state index in [-0.39, 0.29) is 5.82 Å². The number of nitrogens with zero attached hydrogens (tertiary/aromatic N) is 3. The molecule has 0 bridgehead atoms. The Morgan fingerprint density at radius 1 is 1.20 bits per heavy atom. The summed E-state index contributed by atoms with van der Waals surface area (Å²) in [5, 5.41) is 3.17. The number of aromatic nitrogens is 2. The summed E-state index contributed by atoms with van der Waals surface area (Å²) < 4.78 is 13.8. The first-order valence-corrected chi connectivity index (χ1v) is 7.24. The van der Waals surface area contributed by atoms with Crippen LogP contribution in [0.1, 0.15) is 13.8 Å². The second-order valence-corrected chi connectivity index (χ2v) is 4.90. The Morgan fingerprint density at radius 2 is 1.90 bits per heavy atom. The van der Waals surface area contributed by atoms with E-state index in [1.54, 1.807) is 12.1 Å². The minimum atomic E-state index is -0.250. The Hall–Kier alpha value is -1.69. The largest absolute Gasteiger partial charge is 0.369 e. The lowest BCUT2D eigenvalue weighted by molar-refractivity contribution is 0.627. The Morgan fingerprint density at radius 3 is 2.50 bits per heavy atom. The average molecular weight is 339 g/mol. The van der Waals surface area contributed by atoms with Crippen molar-refractivity contribution < 1.29 is 4.39 Å². The van der Waals surface area contributed by atoms with Crippen molar-refractivity contribution in [2.24, 2.45) is 0 Å². The molecule has 1 N–H and O–H groups in total. The monoisotopic (exact) mass is 338 g/mol. The van der Waals surface area contributed by atoms with Gasteiger partial charge in [0.15, 0.2) is 5.82 Å². The summed E-state index contributed by atoms with van der Waals surface area (Å²) in [7, 11) is 0. The Kier molecular flexibility index (Phi) is 4.89. The molecule has 106 valence electrons. The maximum absolute atomic E-state index is 13.0. The van der Waals surface area contributed by atoms with Crippen LogP contribution in [-0.2, 0) is 0 Å². The van der Waals surface area contributed by atoms with Gasteiger partial charge in [-0.2, -0.15) is 0 Å². The van der Waals surface area contributed by atoms with Gasteiger partial charge in [0.1, 0.15) is 22.4 Å². The molecule has 0 aliphatic rings. The van der Waals surface area contributed by atoms with E-state index in [1.165, 1.54) is 18.5 Å². The van der Waals surface area contributed by atoms with Crippen LogP contribution in [0.5, 0.6) is 0 Å². The number of rotatable bonds is 5. The van der Waals surface area contributed by atoms with E-state index in [0.29, 0.717) is 6.54 Å². The average Bonchev–Trinajstić information content (AvgIpc) is 2.46. The van der Waals surface area contributed by atoms with Crippen molar-refractivity contribution in [3.63, 3.8) is 0 Å². The topological polar surface area (TPSA) is 41.1 Å². The molecule has 0 atom stereocenters. The first-order valence-electron chi connectivity index (χ1n) is 6.44. The molecular weight excluding hydrogens is 323 g/mol. The molecule has 0 amide bonds. The molecule has 1 heterocycles. The van der Waals surface area contributed by atoms with E-state index in [2.05, 4.69) is 31.2 Å². The lowest BCUT2D eigenvalue weighted by atomic mass is 10.2. The van der Waals surface area contributed by atoms with Crippen LogP contribution in [0.15, 0.2) is 35.1 Å². The molecule has 0 unspecified atom stereocenters. The van der Waals surface area contributed by atoms with Crippen molar-refractivity contribution in [3.8, 4) is 0 Å². The summed E-state index contributed by atoms with van der Waals surface area (Å²) in [5.74, 6) is 1.25. The number of benzene rings is 1. The van der Waals surface area contributed by atoms with Gasteiger partial charge in [0.25, 0.3) is 0 Å². The van der Waals surface area contributed by atoms with Crippen LogP contribution in [0.4, 0.5) is 21.7 Å². The zero-order valence-electron chi connectivity index (χ0n) is 11.4. The minimum absolute atomic E-state index is 0.250. The molecule has 1 aromatic heterocycles.